The van der Waals surface area contributed by atoms with Gasteiger partial charge in [0.1, 0.15) is 5.82 Å². The summed E-state index contributed by atoms with van der Waals surface area (Å²) in [7, 11) is -3.31. The largest absolute Gasteiger partial charge is 0.357 e. The second-order valence-corrected chi connectivity index (χ2v) is 9.32. The molecule has 0 saturated heterocycles. The van der Waals surface area contributed by atoms with E-state index in [1.54, 1.807) is 19.9 Å². The average Bonchev–Trinajstić information content (AvgIpc) is 3.29. The summed E-state index contributed by atoms with van der Waals surface area (Å²) in [6, 6.07) is 6.89. The number of nitrogens with one attached hydrogen (secondary N) is 3. The molecule has 0 radical (unpaired) electrons. The molecule has 1 aromatic rings. The van der Waals surface area contributed by atoms with Crippen LogP contribution in [-0.2, 0) is 15.4 Å². The van der Waals surface area contributed by atoms with Crippen molar-refractivity contribution in [1.82, 2.24) is 15.4 Å². The van der Waals surface area contributed by atoms with E-state index in [4.69, 9.17) is 0 Å². The minimum Gasteiger partial charge on any atom is -0.357 e. The summed E-state index contributed by atoms with van der Waals surface area (Å²) in [4.78, 5) is 4.49. The number of aliphatic imine (C=N–C) groups is 1. The van der Waals surface area contributed by atoms with Gasteiger partial charge in [-0.05, 0) is 45.2 Å². The van der Waals surface area contributed by atoms with Crippen LogP contribution >= 0.6 is 0 Å². The third-order valence-corrected chi connectivity index (χ3v) is 5.25. The number of rotatable bonds is 8. The van der Waals surface area contributed by atoms with E-state index in [9.17, 15) is 12.8 Å². The van der Waals surface area contributed by atoms with Gasteiger partial charge in [-0.2, -0.15) is 0 Å². The van der Waals surface area contributed by atoms with Crippen molar-refractivity contribution in [2.24, 2.45) is 4.99 Å². The summed E-state index contributed by atoms with van der Waals surface area (Å²) in [6.07, 6.45) is 3.00. The molecular formula is C18H29FN4O2S. The Kier molecular flexibility index (Phi) is 6.29. The fraction of sp³-hybridized carbons (Fsp3) is 0.611. The predicted molar refractivity (Wildman–Crippen MR) is 103 cm³/mol. The lowest BCUT2D eigenvalue weighted by Crippen LogP contribution is -2.47. The molecule has 1 aliphatic rings. The maximum atomic E-state index is 14.1. The highest BCUT2D eigenvalue weighted by molar-refractivity contribution is 7.88. The van der Waals surface area contributed by atoms with Crippen molar-refractivity contribution in [3.63, 3.8) is 0 Å². The van der Waals surface area contributed by atoms with Gasteiger partial charge in [-0.25, -0.2) is 17.5 Å². The third-order valence-electron chi connectivity index (χ3n) is 4.33. The number of benzene rings is 1. The van der Waals surface area contributed by atoms with Gasteiger partial charge in [-0.1, -0.05) is 18.2 Å². The average molecular weight is 385 g/mol. The van der Waals surface area contributed by atoms with Gasteiger partial charge < -0.3 is 10.6 Å². The molecule has 26 heavy (non-hydrogen) atoms. The Morgan fingerprint density at radius 2 is 1.92 bits per heavy atom. The van der Waals surface area contributed by atoms with Gasteiger partial charge in [0.15, 0.2) is 5.96 Å². The molecule has 3 N–H and O–H groups in total. The van der Waals surface area contributed by atoms with Gasteiger partial charge in [0.2, 0.25) is 10.0 Å². The standard InChI is InChI=1S/C18H29FN4O2S/c1-5-20-16(21-12-17(2,3)23-26(4,24)25)22-13-18(10-11-18)14-8-6-7-9-15(14)19/h6-9,23H,5,10-13H2,1-4H3,(H2,20,21,22). The molecule has 146 valence electrons. The van der Waals surface area contributed by atoms with E-state index in [-0.39, 0.29) is 17.8 Å². The Bertz CT molecular complexity index is 758. The molecule has 2 rings (SSSR count). The van der Waals surface area contributed by atoms with E-state index < -0.39 is 15.6 Å². The van der Waals surface area contributed by atoms with E-state index in [1.807, 2.05) is 19.1 Å². The maximum absolute atomic E-state index is 14.1. The lowest BCUT2D eigenvalue weighted by atomic mass is 9.95. The highest BCUT2D eigenvalue weighted by Gasteiger charge is 2.45. The Morgan fingerprint density at radius 3 is 2.46 bits per heavy atom. The van der Waals surface area contributed by atoms with Gasteiger partial charge in [0, 0.05) is 24.0 Å². The van der Waals surface area contributed by atoms with Crippen molar-refractivity contribution >= 4 is 16.0 Å². The third kappa shape index (κ3) is 5.95. The topological polar surface area (TPSA) is 82.6 Å². The lowest BCUT2D eigenvalue weighted by Gasteiger charge is -2.24. The lowest BCUT2D eigenvalue weighted by molar-refractivity contribution is 0.464. The number of guanidine groups is 1. The summed E-state index contributed by atoms with van der Waals surface area (Å²) < 4.78 is 39.6. The van der Waals surface area contributed by atoms with Gasteiger partial charge in [0.05, 0.1) is 12.8 Å². The van der Waals surface area contributed by atoms with Crippen molar-refractivity contribution in [3.05, 3.63) is 35.6 Å². The van der Waals surface area contributed by atoms with Crippen LogP contribution in [0.5, 0.6) is 0 Å². The minimum atomic E-state index is -3.31. The van der Waals surface area contributed by atoms with Crippen LogP contribution in [0.3, 0.4) is 0 Å². The zero-order chi connectivity index (χ0) is 19.4. The second kappa shape index (κ2) is 7.92. The maximum Gasteiger partial charge on any atom is 0.209 e. The van der Waals surface area contributed by atoms with Crippen molar-refractivity contribution in [2.45, 2.75) is 44.6 Å². The van der Waals surface area contributed by atoms with Crippen LogP contribution in [0, 0.1) is 5.82 Å². The Morgan fingerprint density at radius 1 is 1.27 bits per heavy atom. The fourth-order valence-corrected chi connectivity index (χ4v) is 4.06. The molecule has 0 heterocycles. The Hall–Kier alpha value is -1.67. The van der Waals surface area contributed by atoms with Crippen LogP contribution in [0.1, 0.15) is 39.2 Å². The van der Waals surface area contributed by atoms with Gasteiger partial charge in [-0.15, -0.1) is 0 Å². The Balaban J connectivity index is 2.03. The Labute approximate surface area is 155 Å². The molecule has 0 atom stereocenters. The van der Waals surface area contributed by atoms with Gasteiger partial charge >= 0.3 is 0 Å². The summed E-state index contributed by atoms with van der Waals surface area (Å²) in [6.45, 7) is 7.06. The fourth-order valence-electron chi connectivity index (χ4n) is 2.99. The van der Waals surface area contributed by atoms with E-state index in [2.05, 4.69) is 20.3 Å². The highest BCUT2D eigenvalue weighted by atomic mass is 32.2. The van der Waals surface area contributed by atoms with E-state index in [0.29, 0.717) is 19.0 Å². The summed E-state index contributed by atoms with van der Waals surface area (Å²) >= 11 is 0. The number of sulfonamides is 1. The first-order valence-corrected chi connectivity index (χ1v) is 10.7. The quantitative estimate of drug-likeness (QED) is 0.471. The molecule has 0 aliphatic heterocycles. The molecule has 1 fully saturated rings. The molecule has 1 aliphatic carbocycles. The molecule has 1 aromatic carbocycles. The first-order valence-electron chi connectivity index (χ1n) is 8.83. The van der Waals surface area contributed by atoms with Crippen LogP contribution in [-0.4, -0.2) is 45.8 Å². The highest BCUT2D eigenvalue weighted by Crippen LogP contribution is 2.48. The molecule has 0 bridgehead atoms. The molecule has 0 amide bonds. The van der Waals surface area contributed by atoms with Crippen molar-refractivity contribution in [3.8, 4) is 0 Å². The molecule has 0 aromatic heterocycles. The molecule has 6 nitrogen and oxygen atoms in total. The van der Waals surface area contributed by atoms with E-state index in [1.165, 1.54) is 6.07 Å². The zero-order valence-corrected chi connectivity index (χ0v) is 16.7. The van der Waals surface area contributed by atoms with E-state index >= 15 is 0 Å². The number of hydrogen-bond donors (Lipinski definition) is 3. The van der Waals surface area contributed by atoms with Crippen LogP contribution < -0.4 is 15.4 Å². The number of halogens is 1. The first-order chi connectivity index (χ1) is 12.1. The first kappa shape index (κ1) is 20.6. The minimum absolute atomic E-state index is 0.174. The molecule has 0 unspecified atom stereocenters. The normalized spacial score (nSPS) is 17.0. The predicted octanol–water partition coefficient (Wildman–Crippen LogP) is 1.74. The van der Waals surface area contributed by atoms with Crippen molar-refractivity contribution in [1.29, 1.82) is 0 Å². The second-order valence-electron chi connectivity index (χ2n) is 7.57. The molecule has 8 heteroatoms. The smallest absolute Gasteiger partial charge is 0.209 e. The van der Waals surface area contributed by atoms with Crippen molar-refractivity contribution < 1.29 is 12.8 Å². The van der Waals surface area contributed by atoms with Gasteiger partial charge in [-0.3, -0.25) is 4.99 Å². The molecule has 1 saturated carbocycles. The molecular weight excluding hydrogens is 355 g/mol. The van der Waals surface area contributed by atoms with Gasteiger partial charge in [0.25, 0.3) is 0 Å². The summed E-state index contributed by atoms with van der Waals surface area (Å²) in [5.74, 6) is 0.422. The van der Waals surface area contributed by atoms with E-state index in [0.717, 1.165) is 24.7 Å². The van der Waals surface area contributed by atoms with Crippen LogP contribution in [0.15, 0.2) is 29.3 Å². The van der Waals surface area contributed by atoms with Crippen LogP contribution in [0.4, 0.5) is 4.39 Å². The van der Waals surface area contributed by atoms with Crippen LogP contribution in [0.25, 0.3) is 0 Å². The zero-order valence-electron chi connectivity index (χ0n) is 15.9. The monoisotopic (exact) mass is 384 g/mol. The van der Waals surface area contributed by atoms with Crippen molar-refractivity contribution in [2.75, 3.05) is 25.9 Å². The number of nitrogens with zero attached hydrogens (tertiary/aromatic N) is 1. The van der Waals surface area contributed by atoms with Crippen LogP contribution in [0.2, 0.25) is 0 Å². The summed E-state index contributed by atoms with van der Waals surface area (Å²) in [5, 5.41) is 6.43. The molecule has 0 spiro atoms. The number of hydrogen-bond acceptors (Lipinski definition) is 3. The summed E-state index contributed by atoms with van der Waals surface area (Å²) in [5.41, 5.74) is -0.150. The SMILES string of the molecule is CCNC(=NCC(C)(C)NS(C)(=O)=O)NCC1(c2ccccc2F)CC1.